The summed E-state index contributed by atoms with van der Waals surface area (Å²) in [5.41, 5.74) is 1.98. The molecule has 0 aliphatic heterocycles. The molecule has 0 aliphatic carbocycles. The Hall–Kier alpha value is -2.16. The third-order valence-corrected chi connectivity index (χ3v) is 2.69. The summed E-state index contributed by atoms with van der Waals surface area (Å²) in [6.45, 7) is 0. The smallest absolute Gasteiger partial charge is 0.141 e. The Morgan fingerprint density at radius 2 is 1.83 bits per heavy atom. The molecule has 0 saturated heterocycles. The van der Waals surface area contributed by atoms with Gasteiger partial charge in [0.1, 0.15) is 11.5 Å². The van der Waals surface area contributed by atoms with Crippen molar-refractivity contribution >= 4 is 5.78 Å². The monoisotopic (exact) mass is 241 g/mol. The molecule has 0 radical (unpaired) electrons. The number of hydrogen-bond donors (Lipinski definition) is 0. The van der Waals surface area contributed by atoms with Crippen LogP contribution in [0.15, 0.2) is 48.8 Å². The van der Waals surface area contributed by atoms with Crippen molar-refractivity contribution in [2.45, 2.75) is 12.8 Å². The van der Waals surface area contributed by atoms with Gasteiger partial charge in [0.05, 0.1) is 7.11 Å². The lowest BCUT2D eigenvalue weighted by atomic mass is 10.0. The summed E-state index contributed by atoms with van der Waals surface area (Å²) in [6, 6.07) is 11.3. The van der Waals surface area contributed by atoms with Crippen LogP contribution in [0.4, 0.5) is 0 Å². The summed E-state index contributed by atoms with van der Waals surface area (Å²) < 4.78 is 5.14. The normalized spacial score (nSPS) is 10.1. The second kappa shape index (κ2) is 5.96. The maximum Gasteiger partial charge on any atom is 0.141 e. The first-order chi connectivity index (χ1) is 8.78. The zero-order valence-corrected chi connectivity index (χ0v) is 10.3. The number of ether oxygens (including phenoxy) is 1. The van der Waals surface area contributed by atoms with E-state index in [1.54, 1.807) is 19.5 Å². The summed E-state index contributed by atoms with van der Waals surface area (Å²) in [5, 5.41) is 0. The number of rotatable bonds is 5. The minimum absolute atomic E-state index is 0.189. The van der Waals surface area contributed by atoms with E-state index in [0.717, 1.165) is 16.9 Å². The number of ketones is 1. The van der Waals surface area contributed by atoms with Gasteiger partial charge in [0, 0.05) is 25.2 Å². The van der Waals surface area contributed by atoms with Gasteiger partial charge in [-0.1, -0.05) is 12.1 Å². The van der Waals surface area contributed by atoms with Gasteiger partial charge in [-0.25, -0.2) is 0 Å². The average molecular weight is 241 g/mol. The molecule has 3 heteroatoms. The third kappa shape index (κ3) is 3.42. The second-order valence-electron chi connectivity index (χ2n) is 4.10. The van der Waals surface area contributed by atoms with Crippen LogP contribution < -0.4 is 4.74 Å². The Bertz CT molecular complexity index is 523. The second-order valence-corrected chi connectivity index (χ2v) is 4.10. The Morgan fingerprint density at radius 3 is 2.56 bits per heavy atom. The van der Waals surface area contributed by atoms with E-state index in [9.17, 15) is 4.79 Å². The molecule has 0 N–H and O–H groups in total. The lowest BCUT2D eigenvalue weighted by Gasteiger charge is -2.04. The van der Waals surface area contributed by atoms with E-state index >= 15 is 0 Å². The minimum Gasteiger partial charge on any atom is -0.497 e. The number of pyridine rings is 1. The van der Waals surface area contributed by atoms with Crippen molar-refractivity contribution in [3.05, 3.63) is 59.9 Å². The van der Waals surface area contributed by atoms with Crippen LogP contribution in [0, 0.1) is 0 Å². The predicted octanol–water partition coefficient (Wildman–Crippen LogP) is 2.44. The largest absolute Gasteiger partial charge is 0.497 e. The van der Waals surface area contributed by atoms with Crippen molar-refractivity contribution in [2.75, 3.05) is 7.11 Å². The highest BCUT2D eigenvalue weighted by Crippen LogP contribution is 2.13. The van der Waals surface area contributed by atoms with Gasteiger partial charge < -0.3 is 4.74 Å². The standard InChI is InChI=1S/C15H15NO2/c1-18-15-4-2-3-13(11-15)10-14(17)9-12-5-7-16-8-6-12/h2-8,11H,9-10H2,1H3. The first kappa shape index (κ1) is 12.3. The zero-order valence-electron chi connectivity index (χ0n) is 10.3. The van der Waals surface area contributed by atoms with Gasteiger partial charge in [-0.15, -0.1) is 0 Å². The van der Waals surface area contributed by atoms with Crippen LogP contribution in [0.5, 0.6) is 5.75 Å². The maximum absolute atomic E-state index is 11.9. The highest BCUT2D eigenvalue weighted by molar-refractivity contribution is 5.83. The fourth-order valence-corrected chi connectivity index (χ4v) is 1.80. The van der Waals surface area contributed by atoms with Crippen molar-refractivity contribution in [1.29, 1.82) is 0 Å². The van der Waals surface area contributed by atoms with Gasteiger partial charge in [-0.05, 0) is 35.4 Å². The quantitative estimate of drug-likeness (QED) is 0.807. The van der Waals surface area contributed by atoms with Crippen molar-refractivity contribution in [2.24, 2.45) is 0 Å². The highest BCUT2D eigenvalue weighted by atomic mass is 16.5. The lowest BCUT2D eigenvalue weighted by Crippen LogP contribution is -2.06. The average Bonchev–Trinajstić information content (AvgIpc) is 2.40. The van der Waals surface area contributed by atoms with Gasteiger partial charge in [-0.3, -0.25) is 9.78 Å². The molecule has 1 heterocycles. The number of hydrogen-bond acceptors (Lipinski definition) is 3. The Kier molecular flexibility index (Phi) is 4.07. The molecule has 2 aromatic rings. The molecule has 0 saturated carbocycles. The summed E-state index contributed by atoms with van der Waals surface area (Å²) >= 11 is 0. The summed E-state index contributed by atoms with van der Waals surface area (Å²) in [4.78, 5) is 15.9. The molecule has 0 fully saturated rings. The van der Waals surface area contributed by atoms with Gasteiger partial charge >= 0.3 is 0 Å². The number of aromatic nitrogens is 1. The SMILES string of the molecule is COc1cccc(CC(=O)Cc2ccncc2)c1. The van der Waals surface area contributed by atoms with Crippen LogP contribution in [-0.4, -0.2) is 17.9 Å². The van der Waals surface area contributed by atoms with E-state index in [4.69, 9.17) is 4.74 Å². The molecule has 2 rings (SSSR count). The molecular weight excluding hydrogens is 226 g/mol. The van der Waals surface area contributed by atoms with E-state index < -0.39 is 0 Å². The molecule has 92 valence electrons. The number of carbonyl (C=O) groups is 1. The van der Waals surface area contributed by atoms with E-state index in [-0.39, 0.29) is 5.78 Å². The van der Waals surface area contributed by atoms with E-state index in [2.05, 4.69) is 4.98 Å². The molecule has 0 unspecified atom stereocenters. The number of nitrogens with zero attached hydrogens (tertiary/aromatic N) is 1. The van der Waals surface area contributed by atoms with Crippen molar-refractivity contribution in [3.8, 4) is 5.75 Å². The third-order valence-electron chi connectivity index (χ3n) is 2.69. The van der Waals surface area contributed by atoms with Crippen LogP contribution in [0.1, 0.15) is 11.1 Å². The molecule has 1 aromatic carbocycles. The molecule has 0 bridgehead atoms. The van der Waals surface area contributed by atoms with Crippen molar-refractivity contribution in [1.82, 2.24) is 4.98 Å². The first-order valence-corrected chi connectivity index (χ1v) is 5.81. The summed E-state index contributed by atoms with van der Waals surface area (Å²) in [5.74, 6) is 0.971. The fourth-order valence-electron chi connectivity index (χ4n) is 1.80. The van der Waals surface area contributed by atoms with E-state index in [1.165, 1.54) is 0 Å². The predicted molar refractivity (Wildman–Crippen MR) is 69.6 cm³/mol. The Morgan fingerprint density at radius 1 is 1.11 bits per heavy atom. The van der Waals surface area contributed by atoms with Crippen molar-refractivity contribution < 1.29 is 9.53 Å². The Labute approximate surface area is 106 Å². The maximum atomic E-state index is 11.9. The zero-order chi connectivity index (χ0) is 12.8. The number of Topliss-reactive ketones (excluding diaryl/α,β-unsaturated/α-hetero) is 1. The number of carbonyl (C=O) groups excluding carboxylic acids is 1. The van der Waals surface area contributed by atoms with Gasteiger partial charge in [0.2, 0.25) is 0 Å². The van der Waals surface area contributed by atoms with Gasteiger partial charge in [0.25, 0.3) is 0 Å². The van der Waals surface area contributed by atoms with Gasteiger partial charge in [-0.2, -0.15) is 0 Å². The molecule has 0 amide bonds. The molecular formula is C15H15NO2. The molecule has 18 heavy (non-hydrogen) atoms. The Balaban J connectivity index is 1.99. The fraction of sp³-hybridized carbons (Fsp3) is 0.200. The molecule has 1 aromatic heterocycles. The van der Waals surface area contributed by atoms with Crippen LogP contribution in [0.25, 0.3) is 0 Å². The van der Waals surface area contributed by atoms with Crippen LogP contribution in [0.3, 0.4) is 0 Å². The van der Waals surface area contributed by atoms with E-state index in [0.29, 0.717) is 12.8 Å². The molecule has 0 spiro atoms. The van der Waals surface area contributed by atoms with Crippen molar-refractivity contribution in [3.63, 3.8) is 0 Å². The van der Waals surface area contributed by atoms with Gasteiger partial charge in [0.15, 0.2) is 0 Å². The topological polar surface area (TPSA) is 39.2 Å². The minimum atomic E-state index is 0.189. The lowest BCUT2D eigenvalue weighted by molar-refractivity contribution is -0.117. The number of benzene rings is 1. The van der Waals surface area contributed by atoms with Crippen LogP contribution >= 0.6 is 0 Å². The number of methoxy groups -OCH3 is 1. The first-order valence-electron chi connectivity index (χ1n) is 5.81. The summed E-state index contributed by atoms with van der Waals surface area (Å²) in [7, 11) is 1.62. The van der Waals surface area contributed by atoms with Crippen LogP contribution in [0.2, 0.25) is 0 Å². The van der Waals surface area contributed by atoms with E-state index in [1.807, 2.05) is 36.4 Å². The van der Waals surface area contributed by atoms with Crippen LogP contribution in [-0.2, 0) is 17.6 Å². The highest BCUT2D eigenvalue weighted by Gasteiger charge is 2.05. The molecule has 0 atom stereocenters. The molecule has 3 nitrogen and oxygen atoms in total. The summed E-state index contributed by atoms with van der Waals surface area (Å²) in [6.07, 6.45) is 4.28. The molecule has 0 aliphatic rings.